The van der Waals surface area contributed by atoms with Gasteiger partial charge in [0.05, 0.1) is 0 Å². The van der Waals surface area contributed by atoms with Gasteiger partial charge in [0.15, 0.2) is 0 Å². The van der Waals surface area contributed by atoms with E-state index in [4.69, 9.17) is 0 Å². The molecule has 0 fully saturated rings. The van der Waals surface area contributed by atoms with Gasteiger partial charge in [0.25, 0.3) is 0 Å². The summed E-state index contributed by atoms with van der Waals surface area (Å²) >= 11 is 0. The van der Waals surface area contributed by atoms with Crippen LogP contribution in [-0.4, -0.2) is 6.54 Å². The summed E-state index contributed by atoms with van der Waals surface area (Å²) in [7, 11) is 0. The lowest BCUT2D eigenvalue weighted by Gasteiger charge is -2.25. The van der Waals surface area contributed by atoms with Crippen LogP contribution in [0, 0.1) is 18.7 Å². The monoisotopic (exact) mass is 293 g/mol. The third-order valence-electron chi connectivity index (χ3n) is 4.28. The van der Waals surface area contributed by atoms with Gasteiger partial charge in [-0.15, -0.1) is 0 Å². The van der Waals surface area contributed by atoms with Crippen LogP contribution in [0.5, 0.6) is 0 Å². The molecule has 2 heteroatoms. The second kappa shape index (κ2) is 9.94. The first-order valence-corrected chi connectivity index (χ1v) is 8.61. The van der Waals surface area contributed by atoms with Gasteiger partial charge in [0, 0.05) is 11.6 Å². The highest BCUT2D eigenvalue weighted by molar-refractivity contribution is 5.26. The number of hydrogen-bond donors (Lipinski definition) is 1. The molecule has 0 bridgehead atoms. The molecule has 0 saturated carbocycles. The van der Waals surface area contributed by atoms with Gasteiger partial charge in [-0.1, -0.05) is 58.6 Å². The zero-order chi connectivity index (χ0) is 15.7. The van der Waals surface area contributed by atoms with E-state index in [1.54, 1.807) is 6.07 Å². The largest absolute Gasteiger partial charge is 0.310 e. The van der Waals surface area contributed by atoms with Crippen LogP contribution in [0.2, 0.25) is 0 Å². The number of aryl methyl sites for hydroxylation is 1. The molecule has 0 aliphatic rings. The molecular weight excluding hydrogens is 261 g/mol. The number of benzene rings is 1. The molecule has 0 spiro atoms. The van der Waals surface area contributed by atoms with Gasteiger partial charge in [0.2, 0.25) is 0 Å². The van der Waals surface area contributed by atoms with E-state index in [0.717, 1.165) is 30.5 Å². The Balaban J connectivity index is 2.83. The number of hydrogen-bond acceptors (Lipinski definition) is 1. The van der Waals surface area contributed by atoms with E-state index < -0.39 is 0 Å². The van der Waals surface area contributed by atoms with Crippen molar-refractivity contribution in [2.75, 3.05) is 6.54 Å². The lowest BCUT2D eigenvalue weighted by Crippen LogP contribution is -2.25. The van der Waals surface area contributed by atoms with Crippen molar-refractivity contribution in [3.05, 3.63) is 35.1 Å². The van der Waals surface area contributed by atoms with Crippen molar-refractivity contribution in [3.63, 3.8) is 0 Å². The highest BCUT2D eigenvalue weighted by Crippen LogP contribution is 2.28. The van der Waals surface area contributed by atoms with Crippen molar-refractivity contribution in [1.82, 2.24) is 5.32 Å². The zero-order valence-corrected chi connectivity index (χ0v) is 14.2. The van der Waals surface area contributed by atoms with Gasteiger partial charge >= 0.3 is 0 Å². The van der Waals surface area contributed by atoms with Crippen LogP contribution in [0.3, 0.4) is 0 Å². The van der Waals surface area contributed by atoms with Crippen LogP contribution >= 0.6 is 0 Å². The van der Waals surface area contributed by atoms with Gasteiger partial charge in [0.1, 0.15) is 5.82 Å². The minimum atomic E-state index is -0.0612. The average Bonchev–Trinajstić information content (AvgIpc) is 2.47. The summed E-state index contributed by atoms with van der Waals surface area (Å²) in [5.41, 5.74) is 1.83. The van der Waals surface area contributed by atoms with Crippen molar-refractivity contribution in [2.45, 2.75) is 72.3 Å². The van der Waals surface area contributed by atoms with Crippen LogP contribution in [0.4, 0.5) is 4.39 Å². The molecular formula is C19H32FN. The molecule has 1 rings (SSSR count). The smallest absolute Gasteiger partial charge is 0.128 e. The summed E-state index contributed by atoms with van der Waals surface area (Å²) in [6, 6.07) is 5.78. The highest BCUT2D eigenvalue weighted by Gasteiger charge is 2.19. The average molecular weight is 293 g/mol. The van der Waals surface area contributed by atoms with E-state index in [2.05, 4.69) is 26.1 Å². The molecule has 1 nitrogen and oxygen atoms in total. The molecule has 0 aliphatic carbocycles. The van der Waals surface area contributed by atoms with Crippen LogP contribution in [0.25, 0.3) is 0 Å². The fraction of sp³-hybridized carbons (Fsp3) is 0.684. The Labute approximate surface area is 130 Å². The number of rotatable bonds is 10. The number of unbranched alkanes of at least 4 members (excludes halogenated alkanes) is 1. The van der Waals surface area contributed by atoms with Crippen molar-refractivity contribution in [3.8, 4) is 0 Å². The van der Waals surface area contributed by atoms with E-state index >= 15 is 0 Å². The van der Waals surface area contributed by atoms with Crippen molar-refractivity contribution < 1.29 is 4.39 Å². The van der Waals surface area contributed by atoms with E-state index in [9.17, 15) is 4.39 Å². The summed E-state index contributed by atoms with van der Waals surface area (Å²) in [6.07, 6.45) is 7.06. The predicted molar refractivity (Wildman–Crippen MR) is 90.1 cm³/mol. The fourth-order valence-corrected chi connectivity index (χ4v) is 2.87. The first-order valence-electron chi connectivity index (χ1n) is 8.61. The summed E-state index contributed by atoms with van der Waals surface area (Å²) < 4.78 is 14.3. The normalized spacial score (nSPS) is 14.1. The Morgan fingerprint density at radius 2 is 1.90 bits per heavy atom. The third kappa shape index (κ3) is 6.17. The van der Waals surface area contributed by atoms with E-state index in [1.165, 1.54) is 25.7 Å². The second-order valence-electron chi connectivity index (χ2n) is 6.18. The van der Waals surface area contributed by atoms with Gasteiger partial charge in [-0.25, -0.2) is 4.39 Å². The molecule has 1 aromatic carbocycles. The van der Waals surface area contributed by atoms with Crippen LogP contribution in [-0.2, 0) is 0 Å². The Hall–Kier alpha value is -0.890. The molecule has 0 heterocycles. The van der Waals surface area contributed by atoms with E-state index in [-0.39, 0.29) is 11.9 Å². The second-order valence-corrected chi connectivity index (χ2v) is 6.18. The molecule has 2 atom stereocenters. The van der Waals surface area contributed by atoms with Crippen molar-refractivity contribution in [1.29, 1.82) is 0 Å². The molecule has 0 amide bonds. The van der Waals surface area contributed by atoms with Gasteiger partial charge in [-0.3, -0.25) is 0 Å². The van der Waals surface area contributed by atoms with Crippen LogP contribution in [0.1, 0.15) is 76.5 Å². The Morgan fingerprint density at radius 1 is 1.14 bits per heavy atom. The lowest BCUT2D eigenvalue weighted by atomic mass is 9.88. The molecule has 0 saturated heterocycles. The minimum Gasteiger partial charge on any atom is -0.310 e. The summed E-state index contributed by atoms with van der Waals surface area (Å²) in [5.74, 6) is 0.619. The number of nitrogens with one attached hydrogen (secondary N) is 1. The maximum Gasteiger partial charge on any atom is 0.128 e. The van der Waals surface area contributed by atoms with Gasteiger partial charge in [-0.2, -0.15) is 0 Å². The first-order chi connectivity index (χ1) is 10.1. The fourth-order valence-electron chi connectivity index (χ4n) is 2.87. The molecule has 0 aliphatic heterocycles. The summed E-state index contributed by atoms with van der Waals surface area (Å²) in [4.78, 5) is 0. The molecule has 2 unspecified atom stereocenters. The van der Waals surface area contributed by atoms with Crippen molar-refractivity contribution in [2.24, 2.45) is 5.92 Å². The first kappa shape index (κ1) is 18.2. The minimum absolute atomic E-state index is 0.0612. The molecule has 21 heavy (non-hydrogen) atoms. The molecule has 1 aromatic rings. The standard InChI is InChI=1S/C19H32FN/c1-5-8-9-16(7-3)14-19(21-12-6-2)17-11-10-15(4)13-18(17)20/h10-11,13,16,19,21H,5-9,12,14H2,1-4H3. The predicted octanol–water partition coefficient (Wildman–Crippen LogP) is 5.78. The quantitative estimate of drug-likeness (QED) is 0.576. The molecule has 1 N–H and O–H groups in total. The Kier molecular flexibility index (Phi) is 8.60. The SMILES string of the molecule is CCCCC(CC)CC(NCCC)c1ccc(C)cc1F. The van der Waals surface area contributed by atoms with Gasteiger partial charge < -0.3 is 5.32 Å². The van der Waals surface area contributed by atoms with E-state index in [0.29, 0.717) is 5.92 Å². The maximum absolute atomic E-state index is 14.3. The lowest BCUT2D eigenvalue weighted by molar-refractivity contribution is 0.347. The van der Waals surface area contributed by atoms with Crippen molar-refractivity contribution >= 4 is 0 Å². The summed E-state index contributed by atoms with van der Waals surface area (Å²) in [6.45, 7) is 9.53. The molecule has 0 aromatic heterocycles. The molecule has 0 radical (unpaired) electrons. The van der Waals surface area contributed by atoms with Gasteiger partial charge in [-0.05, 0) is 43.9 Å². The zero-order valence-electron chi connectivity index (χ0n) is 14.2. The maximum atomic E-state index is 14.3. The number of halogens is 1. The highest BCUT2D eigenvalue weighted by atomic mass is 19.1. The Bertz CT molecular complexity index is 403. The van der Waals surface area contributed by atoms with Crippen LogP contribution < -0.4 is 5.32 Å². The molecule has 120 valence electrons. The summed E-state index contributed by atoms with van der Waals surface area (Å²) in [5, 5.41) is 3.55. The topological polar surface area (TPSA) is 12.0 Å². The Morgan fingerprint density at radius 3 is 2.48 bits per heavy atom. The van der Waals surface area contributed by atoms with Crippen LogP contribution in [0.15, 0.2) is 18.2 Å². The van der Waals surface area contributed by atoms with E-state index in [1.807, 2.05) is 19.1 Å². The third-order valence-corrected chi connectivity index (χ3v) is 4.28.